The van der Waals surface area contributed by atoms with Crippen LogP contribution in [0.25, 0.3) is 0 Å². The maximum Gasteiger partial charge on any atom is 0.123 e. The molecule has 0 saturated carbocycles. The van der Waals surface area contributed by atoms with Crippen LogP contribution in [0.4, 0.5) is 0 Å². The molecule has 4 heteroatoms. The molecule has 1 unspecified atom stereocenters. The summed E-state index contributed by atoms with van der Waals surface area (Å²) in [4.78, 5) is 2.45. The van der Waals surface area contributed by atoms with Gasteiger partial charge in [0, 0.05) is 18.7 Å². The minimum Gasteiger partial charge on any atom is -0.496 e. The third-order valence-corrected chi connectivity index (χ3v) is 3.98. The highest BCUT2D eigenvalue weighted by Gasteiger charge is 2.20. The van der Waals surface area contributed by atoms with Crippen LogP contribution in [-0.2, 0) is 6.54 Å². The number of likely N-dealkylation sites (tertiary alicyclic amines) is 1. The van der Waals surface area contributed by atoms with Crippen molar-refractivity contribution in [1.29, 1.82) is 5.26 Å². The predicted molar refractivity (Wildman–Crippen MR) is 79.4 cm³/mol. The molecule has 4 nitrogen and oxygen atoms in total. The van der Waals surface area contributed by atoms with Crippen molar-refractivity contribution in [2.24, 2.45) is 11.7 Å². The summed E-state index contributed by atoms with van der Waals surface area (Å²) in [5, 5.41) is 9.03. The van der Waals surface area contributed by atoms with Crippen LogP contribution in [0.1, 0.15) is 30.4 Å². The van der Waals surface area contributed by atoms with E-state index in [1.54, 1.807) is 13.2 Å². The maximum atomic E-state index is 9.03. The summed E-state index contributed by atoms with van der Waals surface area (Å²) in [6.45, 7) is 3.82. The predicted octanol–water partition coefficient (Wildman–Crippen LogP) is 2.13. The van der Waals surface area contributed by atoms with Crippen LogP contribution in [0.15, 0.2) is 18.2 Å². The van der Waals surface area contributed by atoms with E-state index in [0.717, 1.165) is 43.9 Å². The van der Waals surface area contributed by atoms with Crippen molar-refractivity contribution in [3.05, 3.63) is 29.3 Å². The Morgan fingerprint density at radius 1 is 1.50 bits per heavy atom. The molecule has 108 valence electrons. The van der Waals surface area contributed by atoms with Gasteiger partial charge in [-0.25, -0.2) is 0 Å². The van der Waals surface area contributed by atoms with Gasteiger partial charge in [-0.05, 0) is 56.5 Å². The zero-order chi connectivity index (χ0) is 14.4. The van der Waals surface area contributed by atoms with Gasteiger partial charge in [0.25, 0.3) is 0 Å². The molecule has 1 aromatic carbocycles. The molecule has 0 aliphatic carbocycles. The number of nitrogens with two attached hydrogens (primary N) is 1. The Bertz CT molecular complexity index is 479. The molecule has 0 radical (unpaired) electrons. The molecule has 1 fully saturated rings. The molecular formula is C16H23N3O. The Balaban J connectivity index is 2.07. The quantitative estimate of drug-likeness (QED) is 0.892. The number of ether oxygens (including phenoxy) is 1. The van der Waals surface area contributed by atoms with Crippen LogP contribution in [-0.4, -0.2) is 31.6 Å². The SMILES string of the molecule is COc1ccc(C#N)cc1CN1CCCC(CCN)C1. The highest BCUT2D eigenvalue weighted by molar-refractivity contribution is 5.42. The van der Waals surface area contributed by atoms with Crippen molar-refractivity contribution in [3.8, 4) is 11.8 Å². The Morgan fingerprint density at radius 3 is 3.05 bits per heavy atom. The van der Waals surface area contributed by atoms with E-state index in [4.69, 9.17) is 15.7 Å². The lowest BCUT2D eigenvalue weighted by Gasteiger charge is -2.33. The zero-order valence-electron chi connectivity index (χ0n) is 12.1. The lowest BCUT2D eigenvalue weighted by molar-refractivity contribution is 0.161. The van der Waals surface area contributed by atoms with Crippen molar-refractivity contribution in [2.75, 3.05) is 26.7 Å². The first-order chi connectivity index (χ1) is 9.76. The van der Waals surface area contributed by atoms with Gasteiger partial charge in [0.05, 0.1) is 18.7 Å². The van der Waals surface area contributed by atoms with Crippen LogP contribution >= 0.6 is 0 Å². The summed E-state index contributed by atoms with van der Waals surface area (Å²) < 4.78 is 5.40. The first-order valence-corrected chi connectivity index (χ1v) is 7.26. The van der Waals surface area contributed by atoms with Gasteiger partial charge in [0.1, 0.15) is 5.75 Å². The van der Waals surface area contributed by atoms with Crippen molar-refractivity contribution < 1.29 is 4.74 Å². The molecule has 2 N–H and O–H groups in total. The smallest absolute Gasteiger partial charge is 0.123 e. The molecule has 1 aliphatic heterocycles. The molecule has 1 atom stereocenters. The van der Waals surface area contributed by atoms with Gasteiger partial charge < -0.3 is 10.5 Å². The fraction of sp³-hybridized carbons (Fsp3) is 0.562. The number of nitrogens with zero attached hydrogens (tertiary/aromatic N) is 2. The largest absolute Gasteiger partial charge is 0.496 e. The van der Waals surface area contributed by atoms with Gasteiger partial charge in [0.2, 0.25) is 0 Å². The molecule has 0 aromatic heterocycles. The van der Waals surface area contributed by atoms with E-state index in [1.165, 1.54) is 12.8 Å². The fourth-order valence-corrected chi connectivity index (χ4v) is 2.98. The summed E-state index contributed by atoms with van der Waals surface area (Å²) in [6.07, 6.45) is 3.61. The van der Waals surface area contributed by atoms with Crippen LogP contribution in [0.2, 0.25) is 0 Å². The van der Waals surface area contributed by atoms with Crippen molar-refractivity contribution in [3.63, 3.8) is 0 Å². The number of nitriles is 1. The Hall–Kier alpha value is -1.57. The lowest BCUT2D eigenvalue weighted by Crippen LogP contribution is -2.35. The monoisotopic (exact) mass is 273 g/mol. The molecule has 0 amide bonds. The van der Waals surface area contributed by atoms with E-state index in [9.17, 15) is 0 Å². The third kappa shape index (κ3) is 3.72. The molecule has 1 heterocycles. The topological polar surface area (TPSA) is 62.3 Å². The molecule has 20 heavy (non-hydrogen) atoms. The van der Waals surface area contributed by atoms with E-state index in [1.807, 2.05) is 12.1 Å². The normalized spacial score (nSPS) is 19.6. The van der Waals surface area contributed by atoms with Gasteiger partial charge >= 0.3 is 0 Å². The highest BCUT2D eigenvalue weighted by atomic mass is 16.5. The van der Waals surface area contributed by atoms with E-state index in [-0.39, 0.29) is 0 Å². The van der Waals surface area contributed by atoms with E-state index in [2.05, 4.69) is 11.0 Å². The zero-order valence-corrected chi connectivity index (χ0v) is 12.1. The van der Waals surface area contributed by atoms with Crippen LogP contribution in [0, 0.1) is 17.2 Å². The van der Waals surface area contributed by atoms with Gasteiger partial charge in [-0.2, -0.15) is 5.26 Å². The molecule has 2 rings (SSSR count). The minimum absolute atomic E-state index is 0.691. The number of hydrogen-bond acceptors (Lipinski definition) is 4. The molecule has 0 spiro atoms. The average molecular weight is 273 g/mol. The number of hydrogen-bond donors (Lipinski definition) is 1. The van der Waals surface area contributed by atoms with E-state index >= 15 is 0 Å². The molecular weight excluding hydrogens is 250 g/mol. The standard InChI is InChI=1S/C16H23N3O/c1-20-16-5-4-14(10-18)9-15(16)12-19-8-2-3-13(11-19)6-7-17/h4-5,9,13H,2-3,6-8,11-12,17H2,1H3. The van der Waals surface area contributed by atoms with E-state index < -0.39 is 0 Å². The van der Waals surface area contributed by atoms with Crippen LogP contribution in [0.3, 0.4) is 0 Å². The Morgan fingerprint density at radius 2 is 2.35 bits per heavy atom. The number of benzene rings is 1. The number of methoxy groups -OCH3 is 1. The summed E-state index contributed by atoms with van der Waals surface area (Å²) in [6, 6.07) is 7.82. The van der Waals surface area contributed by atoms with Crippen molar-refractivity contribution in [1.82, 2.24) is 4.90 Å². The summed E-state index contributed by atoms with van der Waals surface area (Å²) >= 11 is 0. The van der Waals surface area contributed by atoms with Crippen LogP contribution in [0.5, 0.6) is 5.75 Å². The first-order valence-electron chi connectivity index (χ1n) is 7.26. The second-order valence-electron chi connectivity index (χ2n) is 5.46. The molecule has 1 saturated heterocycles. The summed E-state index contributed by atoms with van der Waals surface area (Å²) in [5.41, 5.74) is 7.45. The summed E-state index contributed by atoms with van der Waals surface area (Å²) in [7, 11) is 1.68. The second-order valence-corrected chi connectivity index (χ2v) is 5.46. The Kier molecular flexibility index (Phi) is 5.40. The average Bonchev–Trinajstić information content (AvgIpc) is 2.48. The van der Waals surface area contributed by atoms with Gasteiger partial charge in [-0.15, -0.1) is 0 Å². The minimum atomic E-state index is 0.691. The van der Waals surface area contributed by atoms with Gasteiger partial charge in [-0.3, -0.25) is 4.90 Å². The van der Waals surface area contributed by atoms with Crippen LogP contribution < -0.4 is 10.5 Å². The van der Waals surface area contributed by atoms with E-state index in [0.29, 0.717) is 11.5 Å². The third-order valence-electron chi connectivity index (χ3n) is 3.98. The second kappa shape index (κ2) is 7.28. The number of piperidine rings is 1. The first kappa shape index (κ1) is 14.8. The molecule has 1 aromatic rings. The van der Waals surface area contributed by atoms with Crippen molar-refractivity contribution >= 4 is 0 Å². The Labute approximate surface area is 121 Å². The van der Waals surface area contributed by atoms with Gasteiger partial charge in [0.15, 0.2) is 0 Å². The fourth-order valence-electron chi connectivity index (χ4n) is 2.98. The number of rotatable bonds is 5. The maximum absolute atomic E-state index is 9.03. The lowest BCUT2D eigenvalue weighted by atomic mass is 9.94. The van der Waals surface area contributed by atoms with Crippen molar-refractivity contribution in [2.45, 2.75) is 25.8 Å². The summed E-state index contributed by atoms with van der Waals surface area (Å²) in [5.74, 6) is 1.57. The van der Waals surface area contributed by atoms with Gasteiger partial charge in [-0.1, -0.05) is 0 Å². The molecule has 0 bridgehead atoms. The highest BCUT2D eigenvalue weighted by Crippen LogP contribution is 2.25. The molecule has 1 aliphatic rings.